The van der Waals surface area contributed by atoms with Crippen LogP contribution in [-0.4, -0.2) is 22.3 Å². The molecular weight excluding hydrogens is 270 g/mol. The molecule has 0 radical (unpaired) electrons. The maximum atomic E-state index is 12.6. The maximum absolute atomic E-state index is 12.6. The van der Waals surface area contributed by atoms with Crippen molar-refractivity contribution in [3.8, 4) is 0 Å². The highest BCUT2D eigenvalue weighted by molar-refractivity contribution is 7.13. The quantitative estimate of drug-likeness (QED) is 0.923. The third-order valence-corrected chi connectivity index (χ3v) is 4.48. The molecule has 1 atom stereocenters. The molecule has 1 aliphatic heterocycles. The number of benzene rings is 1. The van der Waals surface area contributed by atoms with Crippen LogP contribution in [0.25, 0.3) is 0 Å². The monoisotopic (exact) mass is 287 g/mol. The maximum Gasteiger partial charge on any atom is 0.273 e. The van der Waals surface area contributed by atoms with Gasteiger partial charge >= 0.3 is 0 Å². The highest BCUT2D eigenvalue weighted by Crippen LogP contribution is 2.34. The Balaban J connectivity index is 1.90. The Morgan fingerprint density at radius 3 is 2.95 bits per heavy atom. The van der Waals surface area contributed by atoms with Crippen LogP contribution in [0.3, 0.4) is 0 Å². The highest BCUT2D eigenvalue weighted by Gasteiger charge is 2.32. The second kappa shape index (κ2) is 5.25. The normalized spacial score (nSPS) is 18.4. The smallest absolute Gasteiger partial charge is 0.273 e. The Morgan fingerprint density at radius 2 is 2.25 bits per heavy atom. The van der Waals surface area contributed by atoms with Crippen molar-refractivity contribution >= 4 is 22.4 Å². The topological polar surface area (TPSA) is 59.2 Å². The summed E-state index contributed by atoms with van der Waals surface area (Å²) >= 11 is 1.31. The molecule has 2 heterocycles. The van der Waals surface area contributed by atoms with Gasteiger partial charge in [0, 0.05) is 11.9 Å². The Labute approximate surface area is 122 Å². The average molecular weight is 287 g/mol. The molecule has 2 aromatic rings. The average Bonchev–Trinajstić information content (AvgIpc) is 3.07. The van der Waals surface area contributed by atoms with E-state index < -0.39 is 0 Å². The van der Waals surface area contributed by atoms with Crippen molar-refractivity contribution < 1.29 is 4.79 Å². The summed E-state index contributed by atoms with van der Waals surface area (Å²) in [5, 5.41) is 2.19. The van der Waals surface area contributed by atoms with Crippen molar-refractivity contribution in [2.45, 2.75) is 25.8 Å². The number of rotatable bonds is 2. The molecule has 2 N–H and O–H groups in total. The van der Waals surface area contributed by atoms with Crippen LogP contribution >= 0.6 is 11.3 Å². The van der Waals surface area contributed by atoms with Crippen LogP contribution in [0.1, 0.15) is 40.5 Å². The third kappa shape index (κ3) is 2.29. The van der Waals surface area contributed by atoms with Crippen LogP contribution in [-0.2, 0) is 0 Å². The molecule has 0 aliphatic carbocycles. The summed E-state index contributed by atoms with van der Waals surface area (Å²) in [5.41, 5.74) is 8.56. The number of hydrogen-bond acceptors (Lipinski definition) is 4. The van der Waals surface area contributed by atoms with Crippen LogP contribution in [0.15, 0.2) is 29.6 Å². The molecule has 1 aromatic carbocycles. The number of hydrogen-bond donors (Lipinski definition) is 1. The lowest BCUT2D eigenvalue weighted by atomic mass is 9.99. The molecule has 20 heavy (non-hydrogen) atoms. The number of nitrogens with two attached hydrogens (primary N) is 1. The van der Waals surface area contributed by atoms with Gasteiger partial charge in [-0.15, -0.1) is 11.3 Å². The van der Waals surface area contributed by atoms with Crippen LogP contribution in [0.2, 0.25) is 0 Å². The Morgan fingerprint density at radius 1 is 1.45 bits per heavy atom. The van der Waals surface area contributed by atoms with Crippen molar-refractivity contribution in [2.24, 2.45) is 0 Å². The van der Waals surface area contributed by atoms with Crippen molar-refractivity contribution in [3.05, 3.63) is 46.5 Å². The first-order chi connectivity index (χ1) is 9.66. The lowest BCUT2D eigenvalue weighted by molar-refractivity contribution is 0.0730. The lowest BCUT2D eigenvalue weighted by Crippen LogP contribution is -2.31. The van der Waals surface area contributed by atoms with E-state index in [0.29, 0.717) is 10.8 Å². The summed E-state index contributed by atoms with van der Waals surface area (Å²) in [7, 11) is 0. The molecule has 3 rings (SSSR count). The molecule has 1 amide bonds. The molecular formula is C15H17N3OS. The Bertz CT molecular complexity index is 638. The minimum atomic E-state index is -0.0105. The second-order valence-electron chi connectivity index (χ2n) is 5.08. The summed E-state index contributed by atoms with van der Waals surface area (Å²) in [6.45, 7) is 2.88. The van der Waals surface area contributed by atoms with Gasteiger partial charge in [-0.1, -0.05) is 24.3 Å². The van der Waals surface area contributed by atoms with Gasteiger partial charge in [-0.2, -0.15) is 0 Å². The predicted octanol–water partition coefficient (Wildman–Crippen LogP) is 3.01. The van der Waals surface area contributed by atoms with Gasteiger partial charge in [0.25, 0.3) is 5.91 Å². The van der Waals surface area contributed by atoms with E-state index in [0.717, 1.165) is 19.4 Å². The van der Waals surface area contributed by atoms with E-state index >= 15 is 0 Å². The zero-order valence-corrected chi connectivity index (χ0v) is 12.2. The summed E-state index contributed by atoms with van der Waals surface area (Å²) in [6.07, 6.45) is 2.04. The van der Waals surface area contributed by atoms with Crippen LogP contribution in [0.4, 0.5) is 5.13 Å². The number of thiazole rings is 1. The molecule has 1 saturated heterocycles. The van der Waals surface area contributed by atoms with E-state index in [1.807, 2.05) is 17.0 Å². The molecule has 1 aliphatic rings. The van der Waals surface area contributed by atoms with Crippen LogP contribution in [0, 0.1) is 6.92 Å². The minimum Gasteiger partial charge on any atom is -0.375 e. The molecule has 104 valence electrons. The summed E-state index contributed by atoms with van der Waals surface area (Å²) < 4.78 is 0. The molecule has 0 spiro atoms. The SMILES string of the molecule is Cc1ccccc1C1CCCN1C(=O)c1csc(N)n1. The Kier molecular flexibility index (Phi) is 3.44. The van der Waals surface area contributed by atoms with Gasteiger partial charge in [-0.3, -0.25) is 4.79 Å². The highest BCUT2D eigenvalue weighted by atomic mass is 32.1. The first-order valence-electron chi connectivity index (χ1n) is 6.74. The summed E-state index contributed by atoms with van der Waals surface area (Å²) in [5.74, 6) is -0.0105. The van der Waals surface area contributed by atoms with Gasteiger partial charge in [0.15, 0.2) is 5.13 Å². The number of likely N-dealkylation sites (tertiary alicyclic amines) is 1. The van der Waals surface area contributed by atoms with Crippen molar-refractivity contribution in [1.29, 1.82) is 0 Å². The van der Waals surface area contributed by atoms with E-state index in [1.165, 1.54) is 22.5 Å². The lowest BCUT2D eigenvalue weighted by Gasteiger charge is -2.25. The number of aromatic nitrogens is 1. The molecule has 4 nitrogen and oxygen atoms in total. The van der Waals surface area contributed by atoms with Crippen LogP contribution < -0.4 is 5.73 Å². The van der Waals surface area contributed by atoms with Gasteiger partial charge in [0.1, 0.15) is 5.69 Å². The molecule has 1 aromatic heterocycles. The van der Waals surface area contributed by atoms with Gasteiger partial charge < -0.3 is 10.6 Å². The minimum absolute atomic E-state index is 0.0105. The van der Waals surface area contributed by atoms with E-state index in [2.05, 4.69) is 24.0 Å². The van der Waals surface area contributed by atoms with Crippen molar-refractivity contribution in [3.63, 3.8) is 0 Å². The zero-order valence-electron chi connectivity index (χ0n) is 11.4. The fraction of sp³-hybridized carbons (Fsp3) is 0.333. The summed E-state index contributed by atoms with van der Waals surface area (Å²) in [4.78, 5) is 18.6. The van der Waals surface area contributed by atoms with Gasteiger partial charge in [0.05, 0.1) is 6.04 Å². The van der Waals surface area contributed by atoms with Gasteiger partial charge in [-0.25, -0.2) is 4.98 Å². The van der Waals surface area contributed by atoms with E-state index in [4.69, 9.17) is 5.73 Å². The first kappa shape index (κ1) is 13.1. The fourth-order valence-electron chi connectivity index (χ4n) is 2.83. The van der Waals surface area contributed by atoms with Gasteiger partial charge in [0.2, 0.25) is 0 Å². The van der Waals surface area contributed by atoms with Gasteiger partial charge in [-0.05, 0) is 30.9 Å². The van der Waals surface area contributed by atoms with E-state index in [-0.39, 0.29) is 11.9 Å². The zero-order chi connectivity index (χ0) is 14.1. The second-order valence-corrected chi connectivity index (χ2v) is 5.97. The fourth-order valence-corrected chi connectivity index (χ4v) is 3.36. The molecule has 0 saturated carbocycles. The standard InChI is InChI=1S/C15H17N3OS/c1-10-5-2-3-6-11(10)13-7-4-8-18(13)14(19)12-9-20-15(16)17-12/h2-3,5-6,9,13H,4,7-8H2,1H3,(H2,16,17). The first-order valence-corrected chi connectivity index (χ1v) is 7.62. The number of nitrogens with zero attached hydrogens (tertiary/aromatic N) is 2. The number of nitrogen functional groups attached to an aromatic ring is 1. The van der Waals surface area contributed by atoms with Crippen LogP contribution in [0.5, 0.6) is 0 Å². The number of carbonyl (C=O) groups excluding carboxylic acids is 1. The molecule has 1 unspecified atom stereocenters. The van der Waals surface area contributed by atoms with Crippen molar-refractivity contribution in [2.75, 3.05) is 12.3 Å². The van der Waals surface area contributed by atoms with E-state index in [9.17, 15) is 4.79 Å². The van der Waals surface area contributed by atoms with Crippen molar-refractivity contribution in [1.82, 2.24) is 9.88 Å². The summed E-state index contributed by atoms with van der Waals surface area (Å²) in [6, 6.07) is 8.43. The number of amides is 1. The molecule has 0 bridgehead atoms. The number of carbonyl (C=O) groups is 1. The molecule has 1 fully saturated rings. The predicted molar refractivity (Wildman–Crippen MR) is 80.7 cm³/mol. The Hall–Kier alpha value is -1.88. The largest absolute Gasteiger partial charge is 0.375 e. The van der Waals surface area contributed by atoms with E-state index in [1.54, 1.807) is 5.38 Å². The number of aryl methyl sites for hydroxylation is 1. The molecule has 5 heteroatoms. The third-order valence-electron chi connectivity index (χ3n) is 3.80. The number of anilines is 1.